The Labute approximate surface area is 146 Å². The summed E-state index contributed by atoms with van der Waals surface area (Å²) in [6, 6.07) is 19.6. The van der Waals surface area contributed by atoms with E-state index in [1.807, 2.05) is 30.3 Å². The van der Waals surface area contributed by atoms with Crippen molar-refractivity contribution in [2.45, 2.75) is 18.4 Å². The first-order valence-corrected chi connectivity index (χ1v) is 8.04. The number of benzene rings is 2. The molecule has 0 aliphatic rings. The number of aromatic nitrogens is 1. The van der Waals surface area contributed by atoms with E-state index in [4.69, 9.17) is 11.6 Å². The molecule has 3 rings (SSSR count). The largest absolute Gasteiger partial charge is 0.508 e. The van der Waals surface area contributed by atoms with Gasteiger partial charge in [0, 0.05) is 11.2 Å². The smallest absolute Gasteiger partial charge is 0.115 e. The van der Waals surface area contributed by atoms with Crippen LogP contribution < -0.4 is 0 Å². The summed E-state index contributed by atoms with van der Waals surface area (Å²) in [6.07, 6.45) is 1.71. The van der Waals surface area contributed by atoms with Crippen molar-refractivity contribution in [2.24, 2.45) is 0 Å². The molecule has 24 heavy (non-hydrogen) atoms. The van der Waals surface area contributed by atoms with Crippen LogP contribution in [0.1, 0.15) is 29.7 Å². The third kappa shape index (κ3) is 3.28. The summed E-state index contributed by atoms with van der Waals surface area (Å²) in [4.78, 5) is 4.44. The number of nitrogens with zero attached hydrogens (tertiary/aromatic N) is 1. The molecule has 3 aromatic rings. The second-order valence-corrected chi connectivity index (χ2v) is 6.37. The molecular weight excluding hydrogens is 322 g/mol. The van der Waals surface area contributed by atoms with Crippen LogP contribution in [0.5, 0.6) is 5.75 Å². The topological polar surface area (TPSA) is 53.4 Å². The average Bonchev–Trinajstić information content (AvgIpc) is 2.58. The lowest BCUT2D eigenvalue weighted by Gasteiger charge is -2.33. The van der Waals surface area contributed by atoms with E-state index < -0.39 is 11.5 Å². The predicted molar refractivity (Wildman–Crippen MR) is 95.2 cm³/mol. The molecule has 3 nitrogen and oxygen atoms in total. The van der Waals surface area contributed by atoms with E-state index in [0.717, 1.165) is 11.3 Å². The fourth-order valence-corrected chi connectivity index (χ4v) is 3.16. The molecule has 0 fully saturated rings. The van der Waals surface area contributed by atoms with Crippen LogP contribution in [0, 0.1) is 0 Å². The zero-order valence-corrected chi connectivity index (χ0v) is 14.0. The Hall–Kier alpha value is -2.36. The predicted octanol–water partition coefficient (Wildman–Crippen LogP) is 4.48. The minimum atomic E-state index is -1.23. The molecule has 4 heteroatoms. The van der Waals surface area contributed by atoms with Crippen molar-refractivity contribution in [3.05, 3.63) is 94.8 Å². The first-order chi connectivity index (χ1) is 11.5. The van der Waals surface area contributed by atoms with Crippen molar-refractivity contribution in [1.29, 1.82) is 0 Å². The molecule has 0 aliphatic carbocycles. The highest BCUT2D eigenvalue weighted by Crippen LogP contribution is 2.41. The molecule has 0 radical (unpaired) electrons. The molecule has 1 heterocycles. The Kier molecular flexibility index (Phi) is 4.56. The van der Waals surface area contributed by atoms with Gasteiger partial charge in [-0.05, 0) is 54.4 Å². The Balaban J connectivity index is 2.15. The van der Waals surface area contributed by atoms with Crippen LogP contribution in [-0.2, 0) is 5.60 Å². The molecule has 0 saturated carbocycles. The normalized spacial score (nSPS) is 14.8. The van der Waals surface area contributed by atoms with Crippen molar-refractivity contribution in [1.82, 2.24) is 4.98 Å². The maximum Gasteiger partial charge on any atom is 0.115 e. The molecule has 2 atom stereocenters. The Morgan fingerprint density at radius 2 is 1.75 bits per heavy atom. The van der Waals surface area contributed by atoms with Crippen molar-refractivity contribution in [3.8, 4) is 5.75 Å². The van der Waals surface area contributed by atoms with Gasteiger partial charge in [0.25, 0.3) is 0 Å². The molecular formula is C20H18ClNO2. The van der Waals surface area contributed by atoms with Crippen LogP contribution in [0.4, 0.5) is 0 Å². The van der Waals surface area contributed by atoms with Crippen LogP contribution in [0.15, 0.2) is 72.9 Å². The van der Waals surface area contributed by atoms with Gasteiger partial charge in [0.1, 0.15) is 5.75 Å². The van der Waals surface area contributed by atoms with Crippen LogP contribution in [0.25, 0.3) is 0 Å². The Morgan fingerprint density at radius 1 is 1.00 bits per heavy atom. The van der Waals surface area contributed by atoms with E-state index in [2.05, 4.69) is 4.98 Å². The second kappa shape index (κ2) is 6.63. The van der Waals surface area contributed by atoms with Crippen LogP contribution >= 0.6 is 11.6 Å². The summed E-state index contributed by atoms with van der Waals surface area (Å²) in [6.45, 7) is 1.75. The quantitative estimate of drug-likeness (QED) is 0.736. The lowest BCUT2D eigenvalue weighted by Crippen LogP contribution is -2.31. The van der Waals surface area contributed by atoms with Gasteiger partial charge in [-0.3, -0.25) is 4.98 Å². The monoisotopic (exact) mass is 339 g/mol. The lowest BCUT2D eigenvalue weighted by atomic mass is 9.76. The van der Waals surface area contributed by atoms with Crippen LogP contribution in [0.3, 0.4) is 0 Å². The van der Waals surface area contributed by atoms with Crippen LogP contribution in [-0.4, -0.2) is 15.2 Å². The highest BCUT2D eigenvalue weighted by atomic mass is 35.5. The SMILES string of the molecule is C[C@](O)(c1cccc(Cl)c1)[C@H](c1ccc(O)cc1)c1ccccn1. The van der Waals surface area contributed by atoms with Gasteiger partial charge in [-0.1, -0.05) is 41.9 Å². The van der Waals surface area contributed by atoms with E-state index in [1.54, 1.807) is 49.5 Å². The number of pyridine rings is 1. The standard InChI is InChI=1S/C20H18ClNO2/c1-20(24,15-5-4-6-16(21)13-15)19(18-7-2-3-12-22-18)14-8-10-17(23)11-9-14/h2-13,19,23-24H,1H3/t19-,20+/m1/s1. The summed E-state index contributed by atoms with van der Waals surface area (Å²) in [5.74, 6) is -0.223. The number of hydrogen-bond donors (Lipinski definition) is 2. The zero-order chi connectivity index (χ0) is 17.2. The van der Waals surface area contributed by atoms with Crippen molar-refractivity contribution in [2.75, 3.05) is 0 Å². The number of phenolic OH excluding ortho intramolecular Hbond substituents is 1. The van der Waals surface area contributed by atoms with Gasteiger partial charge >= 0.3 is 0 Å². The highest BCUT2D eigenvalue weighted by molar-refractivity contribution is 6.30. The lowest BCUT2D eigenvalue weighted by molar-refractivity contribution is 0.0380. The minimum absolute atomic E-state index is 0.181. The molecule has 0 spiro atoms. The molecule has 2 N–H and O–H groups in total. The molecule has 0 aliphatic heterocycles. The van der Waals surface area contributed by atoms with Gasteiger partial charge in [-0.15, -0.1) is 0 Å². The van der Waals surface area contributed by atoms with Gasteiger partial charge < -0.3 is 10.2 Å². The summed E-state index contributed by atoms with van der Waals surface area (Å²) in [5, 5.41) is 21.5. The molecule has 2 aromatic carbocycles. The summed E-state index contributed by atoms with van der Waals surface area (Å²) in [5.41, 5.74) is 1.08. The molecule has 0 unspecified atom stereocenters. The van der Waals surface area contributed by atoms with Crippen LogP contribution in [0.2, 0.25) is 5.02 Å². The first-order valence-electron chi connectivity index (χ1n) is 7.67. The number of phenols is 1. The number of hydrogen-bond acceptors (Lipinski definition) is 3. The summed E-state index contributed by atoms with van der Waals surface area (Å²) >= 11 is 6.11. The van der Waals surface area contributed by atoms with Crippen molar-refractivity contribution < 1.29 is 10.2 Å². The van der Waals surface area contributed by atoms with Crippen molar-refractivity contribution in [3.63, 3.8) is 0 Å². The maximum absolute atomic E-state index is 11.4. The Morgan fingerprint density at radius 3 is 2.38 bits per heavy atom. The van der Waals surface area contributed by atoms with Gasteiger partial charge in [0.15, 0.2) is 0 Å². The van der Waals surface area contributed by atoms with Gasteiger partial charge in [0.2, 0.25) is 0 Å². The minimum Gasteiger partial charge on any atom is -0.508 e. The molecule has 122 valence electrons. The highest BCUT2D eigenvalue weighted by Gasteiger charge is 2.37. The third-order valence-corrected chi connectivity index (χ3v) is 4.42. The van der Waals surface area contributed by atoms with Gasteiger partial charge in [0.05, 0.1) is 17.2 Å². The molecule has 0 bridgehead atoms. The maximum atomic E-state index is 11.4. The summed E-state index contributed by atoms with van der Waals surface area (Å²) < 4.78 is 0. The number of halogens is 1. The van der Waals surface area contributed by atoms with Gasteiger partial charge in [-0.25, -0.2) is 0 Å². The number of aromatic hydroxyl groups is 1. The fraction of sp³-hybridized carbons (Fsp3) is 0.150. The molecule has 1 aromatic heterocycles. The first kappa shape index (κ1) is 16.5. The van der Waals surface area contributed by atoms with E-state index in [0.29, 0.717) is 10.6 Å². The fourth-order valence-electron chi connectivity index (χ4n) is 2.97. The number of rotatable bonds is 4. The molecule has 0 saturated heterocycles. The van der Waals surface area contributed by atoms with E-state index in [-0.39, 0.29) is 5.75 Å². The molecule has 0 amide bonds. The van der Waals surface area contributed by atoms with E-state index in [1.165, 1.54) is 0 Å². The zero-order valence-electron chi connectivity index (χ0n) is 13.2. The van der Waals surface area contributed by atoms with E-state index >= 15 is 0 Å². The van der Waals surface area contributed by atoms with E-state index in [9.17, 15) is 10.2 Å². The number of aliphatic hydroxyl groups is 1. The average molecular weight is 340 g/mol. The van der Waals surface area contributed by atoms with Crippen molar-refractivity contribution >= 4 is 11.6 Å². The summed E-state index contributed by atoms with van der Waals surface area (Å²) in [7, 11) is 0. The third-order valence-electron chi connectivity index (χ3n) is 4.18. The second-order valence-electron chi connectivity index (χ2n) is 5.94. The Bertz CT molecular complexity index is 817. The van der Waals surface area contributed by atoms with Gasteiger partial charge in [-0.2, -0.15) is 0 Å².